The second kappa shape index (κ2) is 14.6. The van der Waals surface area contributed by atoms with Gasteiger partial charge in [-0.25, -0.2) is 0 Å². The van der Waals surface area contributed by atoms with Gasteiger partial charge in [0.05, 0.1) is 17.6 Å². The highest BCUT2D eigenvalue weighted by molar-refractivity contribution is 5.90. The predicted molar refractivity (Wildman–Crippen MR) is 196 cm³/mol. The molecule has 2 aliphatic heterocycles. The van der Waals surface area contributed by atoms with Gasteiger partial charge in [-0.15, -0.1) is 0 Å². The van der Waals surface area contributed by atoms with Gasteiger partial charge in [0.15, 0.2) is 0 Å². The highest BCUT2D eigenvalue weighted by Gasteiger charge is 2.86. The van der Waals surface area contributed by atoms with Crippen molar-refractivity contribution < 1.29 is 19.4 Å². The summed E-state index contributed by atoms with van der Waals surface area (Å²) < 4.78 is 7.63. The Labute approximate surface area is 298 Å². The topological polar surface area (TPSA) is 70.1 Å². The number of carboxylic acids is 1. The number of hydrogen-bond acceptors (Lipinski definition) is 5. The number of carbonyl (C=O) groups is 2. The van der Waals surface area contributed by atoms with Crippen molar-refractivity contribution in [3.05, 3.63) is 11.6 Å². The molecule has 0 spiro atoms. The maximum absolute atomic E-state index is 14.3. The molecular weight excluding hydrogens is 608 g/mol. The zero-order valence-corrected chi connectivity index (χ0v) is 31.7. The highest BCUT2D eigenvalue weighted by Crippen LogP contribution is 2.84. The number of nitrogens with zero attached hydrogens (tertiary/aromatic N) is 2. The first kappa shape index (κ1) is 36.1. The molecular formula is C43H70N2O4. The number of hydrogen-bond donors (Lipinski definition) is 1. The van der Waals surface area contributed by atoms with Crippen LogP contribution < -0.4 is 0 Å². The van der Waals surface area contributed by atoms with E-state index in [1.54, 1.807) is 0 Å². The smallest absolute Gasteiger partial charge is 0.315 e. The van der Waals surface area contributed by atoms with Crippen LogP contribution in [0.2, 0.25) is 0 Å². The van der Waals surface area contributed by atoms with Gasteiger partial charge in [-0.1, -0.05) is 104 Å². The van der Waals surface area contributed by atoms with Crippen molar-refractivity contribution in [2.24, 2.45) is 57.7 Å². The number of aldehydes is 1. The lowest BCUT2D eigenvalue weighted by atomic mass is 9.41. The molecule has 0 aromatic carbocycles. The first-order valence-corrected chi connectivity index (χ1v) is 21.3. The number of allylic oxidation sites excluding steroid dienone is 1. The number of rotatable bonds is 15. The molecule has 0 amide bonds. The Bertz CT molecular complexity index is 1210. The fourth-order valence-corrected chi connectivity index (χ4v) is 14.0. The molecule has 0 aromatic heterocycles. The molecule has 5 aliphatic carbocycles. The van der Waals surface area contributed by atoms with Crippen LogP contribution in [-0.4, -0.2) is 78.6 Å². The molecule has 6 heteroatoms. The molecule has 1 N–H and O–H groups in total. The van der Waals surface area contributed by atoms with E-state index in [0.717, 1.165) is 57.4 Å². The van der Waals surface area contributed by atoms with Crippen LogP contribution in [0.3, 0.4) is 0 Å². The summed E-state index contributed by atoms with van der Waals surface area (Å²) in [4.78, 5) is 33.5. The zero-order chi connectivity index (χ0) is 34.4. The number of fused-ring (bicyclic) bond motifs is 2. The average Bonchev–Trinajstić information content (AvgIpc) is 3.83. The summed E-state index contributed by atoms with van der Waals surface area (Å²) in [5, 5.41) is 11.7. The van der Waals surface area contributed by atoms with E-state index >= 15 is 0 Å². The van der Waals surface area contributed by atoms with E-state index in [-0.39, 0.29) is 30.0 Å². The minimum Gasteiger partial charge on any atom is -0.481 e. The van der Waals surface area contributed by atoms with Gasteiger partial charge in [0.1, 0.15) is 11.7 Å². The molecule has 7 aliphatic rings. The van der Waals surface area contributed by atoms with E-state index in [2.05, 4.69) is 43.6 Å². The van der Waals surface area contributed by atoms with Gasteiger partial charge < -0.3 is 19.5 Å². The van der Waals surface area contributed by atoms with E-state index in [9.17, 15) is 14.7 Å². The fourth-order valence-electron chi connectivity index (χ4n) is 14.0. The first-order chi connectivity index (χ1) is 23.7. The van der Waals surface area contributed by atoms with E-state index in [0.29, 0.717) is 30.1 Å². The lowest BCUT2D eigenvalue weighted by Crippen LogP contribution is -2.65. The molecule has 7 rings (SSSR count). The summed E-state index contributed by atoms with van der Waals surface area (Å²) >= 11 is 0. The predicted octanol–water partition coefficient (Wildman–Crippen LogP) is 8.63. The Morgan fingerprint density at radius 2 is 1.76 bits per heavy atom. The van der Waals surface area contributed by atoms with E-state index in [1.807, 2.05) is 0 Å². The van der Waals surface area contributed by atoms with Crippen LogP contribution in [0.25, 0.3) is 0 Å². The Balaban J connectivity index is 1.23. The van der Waals surface area contributed by atoms with Crippen LogP contribution in [0.5, 0.6) is 0 Å². The molecule has 4 saturated carbocycles. The van der Waals surface area contributed by atoms with Crippen molar-refractivity contribution in [2.45, 2.75) is 149 Å². The number of piperidine rings is 1. The number of carboxylic acid groups (broad SMARTS) is 1. The highest BCUT2D eigenvalue weighted by atomic mass is 16.5. The van der Waals surface area contributed by atoms with Crippen molar-refractivity contribution in [3.63, 3.8) is 0 Å². The van der Waals surface area contributed by atoms with Gasteiger partial charge in [0, 0.05) is 25.0 Å². The fraction of sp³-hybridized carbons (Fsp3) is 0.907. The molecule has 0 radical (unpaired) electrons. The SMILES string of the molecule is CCCCCCN(CCN1CCCCC1)C[C@@H]1O[C@@H](C23C[C@@H]4[C@H](C)CC[C@H]4C4(C=O)CC2C=C(C(C)C)[C@]43C(=O)O)C[C@H]1C1CCCCC1. The molecule has 2 heterocycles. The molecule has 10 atom stereocenters. The maximum Gasteiger partial charge on any atom is 0.315 e. The third-order valence-corrected chi connectivity index (χ3v) is 16.1. The standard InChI is InChI=1S/C43H70N2O4/c1-5-6-7-12-21-45(23-22-44-19-13-9-14-20-44)28-38-34(32-15-10-8-11-16-32)25-39(49-38)42-27-35-31(4)17-18-36(35)41(29-46)26-33(42)24-37(30(2)3)43(41,42)40(47)48/h24,29-36,38-39H,5-23,25-28H2,1-4H3,(H,47,48)/t31-,33?,34+,35-,36-,38+,39-,41?,42?,43+/m1/s1. The van der Waals surface area contributed by atoms with Crippen molar-refractivity contribution in [1.29, 1.82) is 0 Å². The lowest BCUT2D eigenvalue weighted by Gasteiger charge is -2.60. The van der Waals surface area contributed by atoms with E-state index in [4.69, 9.17) is 4.74 Å². The Kier molecular flexibility index (Phi) is 10.8. The monoisotopic (exact) mass is 679 g/mol. The average molecular weight is 679 g/mol. The first-order valence-electron chi connectivity index (χ1n) is 21.3. The number of unbranched alkanes of at least 4 members (excludes halogenated alkanes) is 3. The van der Waals surface area contributed by atoms with Gasteiger partial charge >= 0.3 is 5.97 Å². The summed E-state index contributed by atoms with van der Waals surface area (Å²) in [5.41, 5.74) is -1.42. The molecule has 4 bridgehead atoms. The summed E-state index contributed by atoms with van der Waals surface area (Å²) in [6.45, 7) is 15.9. The molecule has 3 unspecified atom stereocenters. The molecule has 6 nitrogen and oxygen atoms in total. The number of carbonyl (C=O) groups excluding carboxylic acids is 1. The molecule has 0 aromatic rings. The Morgan fingerprint density at radius 1 is 1.00 bits per heavy atom. The van der Waals surface area contributed by atoms with Crippen molar-refractivity contribution in [3.8, 4) is 0 Å². The van der Waals surface area contributed by atoms with Crippen LogP contribution in [0, 0.1) is 57.7 Å². The molecule has 49 heavy (non-hydrogen) atoms. The Morgan fingerprint density at radius 3 is 2.45 bits per heavy atom. The van der Waals surface area contributed by atoms with Gasteiger partial charge in [-0.05, 0) is 106 Å². The van der Waals surface area contributed by atoms with E-state index in [1.165, 1.54) is 96.4 Å². The third kappa shape index (κ3) is 5.74. The maximum atomic E-state index is 14.3. The largest absolute Gasteiger partial charge is 0.481 e. The lowest BCUT2D eigenvalue weighted by molar-refractivity contribution is -0.197. The van der Waals surface area contributed by atoms with Crippen LogP contribution in [0.4, 0.5) is 0 Å². The van der Waals surface area contributed by atoms with Crippen LogP contribution in [0.1, 0.15) is 137 Å². The molecule has 2 saturated heterocycles. The van der Waals surface area contributed by atoms with Crippen molar-refractivity contribution in [2.75, 3.05) is 39.3 Å². The van der Waals surface area contributed by atoms with Crippen LogP contribution in [0.15, 0.2) is 11.6 Å². The normalized spacial score (nSPS) is 42.2. The van der Waals surface area contributed by atoms with Gasteiger partial charge in [-0.3, -0.25) is 9.69 Å². The molecule has 6 fully saturated rings. The van der Waals surface area contributed by atoms with Crippen molar-refractivity contribution in [1.82, 2.24) is 9.80 Å². The van der Waals surface area contributed by atoms with Gasteiger partial charge in [0.2, 0.25) is 0 Å². The van der Waals surface area contributed by atoms with Crippen LogP contribution >= 0.6 is 0 Å². The number of aliphatic carboxylic acids is 1. The minimum atomic E-state index is -1.14. The summed E-state index contributed by atoms with van der Waals surface area (Å²) in [7, 11) is 0. The van der Waals surface area contributed by atoms with Crippen molar-refractivity contribution >= 4 is 12.3 Å². The summed E-state index contributed by atoms with van der Waals surface area (Å²) in [6.07, 6.45) is 24.0. The summed E-state index contributed by atoms with van der Waals surface area (Å²) in [6, 6.07) is 0. The van der Waals surface area contributed by atoms with Gasteiger partial charge in [-0.2, -0.15) is 0 Å². The second-order valence-corrected chi connectivity index (χ2v) is 18.6. The zero-order valence-electron chi connectivity index (χ0n) is 31.7. The number of ether oxygens (including phenoxy) is 1. The van der Waals surface area contributed by atoms with Gasteiger partial charge in [0.25, 0.3) is 0 Å². The molecule has 276 valence electrons. The van der Waals surface area contributed by atoms with E-state index < -0.39 is 22.2 Å². The quantitative estimate of drug-likeness (QED) is 0.106. The minimum absolute atomic E-state index is 0.0994. The van der Waals surface area contributed by atoms with Crippen LogP contribution in [-0.2, 0) is 14.3 Å². The Hall–Kier alpha value is -1.24. The second-order valence-electron chi connectivity index (χ2n) is 18.6. The number of likely N-dealkylation sites (tertiary alicyclic amines) is 1. The third-order valence-electron chi connectivity index (χ3n) is 16.1. The summed E-state index contributed by atoms with van der Waals surface area (Å²) in [5.74, 6) is 1.77.